The van der Waals surface area contributed by atoms with Crippen LogP contribution in [0.15, 0.2) is 18.2 Å². The number of rotatable bonds is 2. The molecule has 0 aliphatic carbocycles. The van der Waals surface area contributed by atoms with Crippen molar-refractivity contribution < 1.29 is 4.74 Å². The Morgan fingerprint density at radius 3 is 3.00 bits per heavy atom. The third-order valence-electron chi connectivity index (χ3n) is 3.16. The highest BCUT2D eigenvalue weighted by molar-refractivity contribution is 6.30. The molecule has 0 bridgehead atoms. The van der Waals surface area contributed by atoms with E-state index in [0.717, 1.165) is 35.6 Å². The van der Waals surface area contributed by atoms with Crippen molar-refractivity contribution in [1.29, 1.82) is 0 Å². The molecule has 0 spiro atoms. The van der Waals surface area contributed by atoms with Gasteiger partial charge in [0.1, 0.15) is 11.4 Å². The van der Waals surface area contributed by atoms with E-state index in [1.807, 2.05) is 18.2 Å². The van der Waals surface area contributed by atoms with Gasteiger partial charge >= 0.3 is 0 Å². The molecule has 0 saturated carbocycles. The first-order valence-electron chi connectivity index (χ1n) is 5.78. The van der Waals surface area contributed by atoms with Crippen molar-refractivity contribution in [3.8, 4) is 5.75 Å². The second-order valence-corrected chi connectivity index (χ2v) is 5.23. The zero-order valence-electron chi connectivity index (χ0n) is 9.79. The fourth-order valence-electron chi connectivity index (χ4n) is 2.47. The van der Waals surface area contributed by atoms with Crippen molar-refractivity contribution in [3.05, 3.63) is 28.8 Å². The molecule has 1 aromatic carbocycles. The zero-order chi connectivity index (χ0) is 11.8. The standard InChI is InChI=1S/C13H18ClNO/c1-3-6-13(2)8-11(15)10-7-9(14)4-5-12(10)16-13/h4-5,7,11H,3,6,8,15H2,1-2H3/t11-,13?/m1/s1. The summed E-state index contributed by atoms with van der Waals surface area (Å²) in [5, 5.41) is 0.719. The summed E-state index contributed by atoms with van der Waals surface area (Å²) < 4.78 is 6.05. The van der Waals surface area contributed by atoms with Gasteiger partial charge in [0, 0.05) is 23.0 Å². The van der Waals surface area contributed by atoms with E-state index in [0.29, 0.717) is 0 Å². The van der Waals surface area contributed by atoms with E-state index in [1.165, 1.54) is 0 Å². The Kier molecular flexibility index (Phi) is 3.13. The molecule has 0 amide bonds. The maximum atomic E-state index is 6.18. The maximum absolute atomic E-state index is 6.18. The quantitative estimate of drug-likeness (QED) is 0.855. The van der Waals surface area contributed by atoms with Gasteiger partial charge in [-0.3, -0.25) is 0 Å². The van der Waals surface area contributed by atoms with E-state index in [9.17, 15) is 0 Å². The van der Waals surface area contributed by atoms with Crippen LogP contribution in [-0.4, -0.2) is 5.60 Å². The molecule has 1 aliphatic rings. The largest absolute Gasteiger partial charge is 0.487 e. The van der Waals surface area contributed by atoms with Crippen molar-refractivity contribution in [2.45, 2.75) is 44.8 Å². The lowest BCUT2D eigenvalue weighted by Gasteiger charge is -2.38. The van der Waals surface area contributed by atoms with Crippen LogP contribution in [0, 0.1) is 0 Å². The molecule has 3 heteroatoms. The molecule has 0 aromatic heterocycles. The van der Waals surface area contributed by atoms with Crippen LogP contribution in [0.2, 0.25) is 5.02 Å². The van der Waals surface area contributed by atoms with E-state index in [4.69, 9.17) is 22.1 Å². The Labute approximate surface area is 102 Å². The van der Waals surface area contributed by atoms with Crippen molar-refractivity contribution in [1.82, 2.24) is 0 Å². The summed E-state index contributed by atoms with van der Waals surface area (Å²) in [6, 6.07) is 5.71. The third kappa shape index (κ3) is 2.18. The van der Waals surface area contributed by atoms with Gasteiger partial charge in [-0.15, -0.1) is 0 Å². The van der Waals surface area contributed by atoms with E-state index < -0.39 is 0 Å². The van der Waals surface area contributed by atoms with Crippen LogP contribution in [0.4, 0.5) is 0 Å². The number of fused-ring (bicyclic) bond motifs is 1. The van der Waals surface area contributed by atoms with Crippen LogP contribution in [0.1, 0.15) is 44.7 Å². The summed E-state index contributed by atoms with van der Waals surface area (Å²) in [4.78, 5) is 0. The number of benzene rings is 1. The van der Waals surface area contributed by atoms with E-state index in [1.54, 1.807) is 0 Å². The van der Waals surface area contributed by atoms with E-state index in [-0.39, 0.29) is 11.6 Å². The molecule has 1 unspecified atom stereocenters. The molecule has 1 aromatic rings. The molecular weight excluding hydrogens is 222 g/mol. The molecule has 16 heavy (non-hydrogen) atoms. The average Bonchev–Trinajstić information content (AvgIpc) is 2.19. The van der Waals surface area contributed by atoms with Gasteiger partial charge in [-0.25, -0.2) is 0 Å². The number of nitrogens with two attached hydrogens (primary N) is 1. The topological polar surface area (TPSA) is 35.2 Å². The van der Waals surface area contributed by atoms with E-state index in [2.05, 4.69) is 13.8 Å². The second kappa shape index (κ2) is 4.27. The SMILES string of the molecule is CCCC1(C)C[C@@H](N)c2cc(Cl)ccc2O1. The summed E-state index contributed by atoms with van der Waals surface area (Å²) in [6.07, 6.45) is 2.99. The Balaban J connectivity index is 2.33. The highest BCUT2D eigenvalue weighted by Gasteiger charge is 2.34. The highest BCUT2D eigenvalue weighted by Crippen LogP contribution is 2.41. The Morgan fingerprint density at radius 1 is 1.56 bits per heavy atom. The first-order chi connectivity index (χ1) is 7.54. The van der Waals surface area contributed by atoms with Crippen LogP contribution in [0.25, 0.3) is 0 Å². The summed E-state index contributed by atoms with van der Waals surface area (Å²) in [7, 11) is 0. The van der Waals surface area contributed by atoms with Gasteiger partial charge in [-0.2, -0.15) is 0 Å². The fourth-order valence-corrected chi connectivity index (χ4v) is 2.65. The molecule has 2 rings (SSSR count). The monoisotopic (exact) mass is 239 g/mol. The molecule has 2 N–H and O–H groups in total. The normalized spacial score (nSPS) is 28.4. The fraction of sp³-hybridized carbons (Fsp3) is 0.538. The predicted octanol–water partition coefficient (Wildman–Crippen LogP) is 3.68. The lowest BCUT2D eigenvalue weighted by Crippen LogP contribution is -2.40. The molecule has 1 heterocycles. The van der Waals surface area contributed by atoms with Crippen LogP contribution in [0.5, 0.6) is 5.75 Å². The first-order valence-corrected chi connectivity index (χ1v) is 6.16. The second-order valence-electron chi connectivity index (χ2n) is 4.79. The maximum Gasteiger partial charge on any atom is 0.125 e. The molecule has 2 atom stereocenters. The van der Waals surface area contributed by atoms with Crippen molar-refractivity contribution in [2.75, 3.05) is 0 Å². The van der Waals surface area contributed by atoms with Crippen molar-refractivity contribution in [2.24, 2.45) is 5.73 Å². The minimum absolute atomic E-state index is 0.0269. The lowest BCUT2D eigenvalue weighted by molar-refractivity contribution is 0.0449. The molecule has 88 valence electrons. The van der Waals surface area contributed by atoms with Gasteiger partial charge in [-0.05, 0) is 31.5 Å². The van der Waals surface area contributed by atoms with Crippen LogP contribution < -0.4 is 10.5 Å². The van der Waals surface area contributed by atoms with Gasteiger partial charge in [0.05, 0.1) is 0 Å². The number of ether oxygens (including phenoxy) is 1. The summed E-state index contributed by atoms with van der Waals surface area (Å²) in [5.74, 6) is 0.888. The van der Waals surface area contributed by atoms with Gasteiger partial charge in [0.15, 0.2) is 0 Å². The first kappa shape index (κ1) is 11.7. The molecule has 1 aliphatic heterocycles. The third-order valence-corrected chi connectivity index (χ3v) is 3.39. The van der Waals surface area contributed by atoms with Gasteiger partial charge in [-0.1, -0.05) is 24.9 Å². The summed E-state index contributed by atoms with van der Waals surface area (Å²) in [5.41, 5.74) is 7.08. The van der Waals surface area contributed by atoms with Crippen molar-refractivity contribution >= 4 is 11.6 Å². The molecule has 0 fully saturated rings. The number of hydrogen-bond acceptors (Lipinski definition) is 2. The molecule has 2 nitrogen and oxygen atoms in total. The van der Waals surface area contributed by atoms with E-state index >= 15 is 0 Å². The minimum Gasteiger partial charge on any atom is -0.487 e. The zero-order valence-corrected chi connectivity index (χ0v) is 10.6. The molecular formula is C13H18ClNO. The Bertz CT molecular complexity index is 394. The highest BCUT2D eigenvalue weighted by atomic mass is 35.5. The van der Waals surface area contributed by atoms with Crippen LogP contribution in [0.3, 0.4) is 0 Å². The van der Waals surface area contributed by atoms with Gasteiger partial charge < -0.3 is 10.5 Å². The number of hydrogen-bond donors (Lipinski definition) is 1. The van der Waals surface area contributed by atoms with Crippen LogP contribution >= 0.6 is 11.6 Å². The molecule has 0 radical (unpaired) electrons. The molecule has 0 saturated heterocycles. The number of halogens is 1. The smallest absolute Gasteiger partial charge is 0.125 e. The predicted molar refractivity (Wildman–Crippen MR) is 66.9 cm³/mol. The van der Waals surface area contributed by atoms with Gasteiger partial charge in [0.25, 0.3) is 0 Å². The lowest BCUT2D eigenvalue weighted by atomic mass is 9.86. The average molecular weight is 240 g/mol. The van der Waals surface area contributed by atoms with Crippen molar-refractivity contribution in [3.63, 3.8) is 0 Å². The van der Waals surface area contributed by atoms with Crippen LogP contribution in [-0.2, 0) is 0 Å². The minimum atomic E-state index is -0.130. The Hall–Kier alpha value is -0.730. The summed E-state index contributed by atoms with van der Waals surface area (Å²) in [6.45, 7) is 4.30. The Morgan fingerprint density at radius 2 is 2.31 bits per heavy atom. The van der Waals surface area contributed by atoms with Gasteiger partial charge in [0.2, 0.25) is 0 Å². The summed E-state index contributed by atoms with van der Waals surface area (Å²) >= 11 is 5.96.